The van der Waals surface area contributed by atoms with Crippen LogP contribution in [0, 0.1) is 0 Å². The molecule has 148 valence electrons. The number of likely N-dealkylation sites (tertiary alicyclic amines) is 1. The number of amides is 1. The maximum Gasteiger partial charge on any atom is 0.275 e. The van der Waals surface area contributed by atoms with Crippen molar-refractivity contribution >= 4 is 29.1 Å². The fourth-order valence-corrected chi connectivity index (χ4v) is 3.60. The average molecular weight is 393 g/mol. The Balaban J connectivity index is 0.00000261. The second-order valence-corrected chi connectivity index (χ2v) is 7.01. The topological polar surface area (TPSA) is 67.2 Å². The number of aryl methyl sites for hydroxylation is 1. The Morgan fingerprint density at radius 1 is 1.26 bits per heavy atom. The van der Waals surface area contributed by atoms with Gasteiger partial charge in [0.15, 0.2) is 5.69 Å². The lowest BCUT2D eigenvalue weighted by molar-refractivity contribution is 0.0691. The van der Waals surface area contributed by atoms with Crippen LogP contribution in [0.2, 0.25) is 0 Å². The zero-order chi connectivity index (χ0) is 18.5. The second-order valence-electron chi connectivity index (χ2n) is 7.01. The minimum absolute atomic E-state index is 0. The predicted molar refractivity (Wildman–Crippen MR) is 111 cm³/mol. The summed E-state index contributed by atoms with van der Waals surface area (Å²) in [6.07, 6.45) is 5.06. The third-order valence-electron chi connectivity index (χ3n) is 5.16. The van der Waals surface area contributed by atoms with Crippen LogP contribution in [0.5, 0.6) is 0 Å². The number of halogens is 1. The van der Waals surface area contributed by atoms with Gasteiger partial charge in [-0.1, -0.05) is 38.0 Å². The van der Waals surface area contributed by atoms with E-state index >= 15 is 0 Å². The molecule has 7 heteroatoms. The van der Waals surface area contributed by atoms with Crippen molar-refractivity contribution in [1.29, 1.82) is 0 Å². The van der Waals surface area contributed by atoms with E-state index in [4.69, 9.17) is 0 Å². The van der Waals surface area contributed by atoms with Crippen LogP contribution in [-0.4, -0.2) is 46.8 Å². The van der Waals surface area contributed by atoms with Gasteiger partial charge < -0.3 is 10.2 Å². The first-order valence-corrected chi connectivity index (χ1v) is 9.62. The van der Waals surface area contributed by atoms with E-state index < -0.39 is 0 Å². The number of nitrogens with zero attached hydrogens (tertiary/aromatic N) is 3. The quantitative estimate of drug-likeness (QED) is 0.767. The number of hydrogen-bond donors (Lipinski definition) is 1. The van der Waals surface area contributed by atoms with E-state index in [-0.39, 0.29) is 23.9 Å². The Bertz CT molecular complexity index is 836. The summed E-state index contributed by atoms with van der Waals surface area (Å²) in [5, 5.41) is 8.98. The molecule has 0 saturated carbocycles. The number of unbranched alkanes of at least 4 members (excludes halogenated alkanes) is 2. The molecule has 0 spiro atoms. The number of likely N-dealkylation sites (N-methyl/N-ethyl adjacent to an activating group) is 1. The first-order valence-electron chi connectivity index (χ1n) is 9.62. The van der Waals surface area contributed by atoms with E-state index in [9.17, 15) is 9.59 Å². The van der Waals surface area contributed by atoms with Crippen LogP contribution < -0.4 is 10.9 Å². The van der Waals surface area contributed by atoms with Crippen molar-refractivity contribution in [3.63, 3.8) is 0 Å². The molecule has 6 nitrogen and oxygen atoms in total. The van der Waals surface area contributed by atoms with Crippen LogP contribution in [0.25, 0.3) is 10.8 Å². The summed E-state index contributed by atoms with van der Waals surface area (Å²) in [5.74, 6) is -0.0783. The SMILES string of the molecule is CCCCCn1nc(C(=O)N2CCCC(NC)C2)c2ccccc2c1=O.Cl. The number of carbonyl (C=O) groups excluding carboxylic acids is 1. The van der Waals surface area contributed by atoms with E-state index in [0.717, 1.165) is 38.6 Å². The van der Waals surface area contributed by atoms with Crippen LogP contribution in [0.4, 0.5) is 0 Å². The summed E-state index contributed by atoms with van der Waals surface area (Å²) in [6, 6.07) is 7.63. The monoisotopic (exact) mass is 392 g/mol. The van der Waals surface area contributed by atoms with Crippen molar-refractivity contribution in [2.45, 2.75) is 51.6 Å². The highest BCUT2D eigenvalue weighted by molar-refractivity contribution is 6.04. The van der Waals surface area contributed by atoms with Gasteiger partial charge in [-0.05, 0) is 32.4 Å². The summed E-state index contributed by atoms with van der Waals surface area (Å²) >= 11 is 0. The highest BCUT2D eigenvalue weighted by Crippen LogP contribution is 2.18. The second kappa shape index (κ2) is 9.85. The summed E-state index contributed by atoms with van der Waals surface area (Å²) in [5.41, 5.74) is 0.286. The van der Waals surface area contributed by atoms with Gasteiger partial charge in [-0.3, -0.25) is 9.59 Å². The van der Waals surface area contributed by atoms with Crippen LogP contribution in [0.3, 0.4) is 0 Å². The predicted octanol–water partition coefficient (Wildman–Crippen LogP) is 2.83. The number of fused-ring (bicyclic) bond motifs is 1. The smallest absolute Gasteiger partial charge is 0.275 e. The molecule has 1 aromatic carbocycles. The minimum Gasteiger partial charge on any atom is -0.336 e. The number of benzene rings is 1. The van der Waals surface area contributed by atoms with Gasteiger partial charge in [0, 0.05) is 31.1 Å². The van der Waals surface area contributed by atoms with Gasteiger partial charge in [0.05, 0.1) is 5.39 Å². The molecule has 2 heterocycles. The fourth-order valence-electron chi connectivity index (χ4n) is 3.60. The van der Waals surface area contributed by atoms with E-state index in [1.54, 1.807) is 6.07 Å². The molecule has 1 unspecified atom stereocenters. The Hall–Kier alpha value is -1.92. The van der Waals surface area contributed by atoms with E-state index in [1.807, 2.05) is 30.1 Å². The van der Waals surface area contributed by atoms with Crippen LogP contribution in [0.15, 0.2) is 29.1 Å². The number of hydrogen-bond acceptors (Lipinski definition) is 4. The van der Waals surface area contributed by atoms with Crippen molar-refractivity contribution in [2.75, 3.05) is 20.1 Å². The van der Waals surface area contributed by atoms with Crippen molar-refractivity contribution in [3.05, 3.63) is 40.3 Å². The summed E-state index contributed by atoms with van der Waals surface area (Å²) in [7, 11) is 1.93. The molecule has 1 aliphatic rings. The number of aromatic nitrogens is 2. The van der Waals surface area contributed by atoms with E-state index in [0.29, 0.717) is 35.6 Å². The van der Waals surface area contributed by atoms with Gasteiger partial charge in [-0.2, -0.15) is 5.10 Å². The minimum atomic E-state index is -0.111. The number of rotatable bonds is 6. The third kappa shape index (κ3) is 4.68. The molecule has 3 rings (SSSR count). The molecule has 1 fully saturated rings. The van der Waals surface area contributed by atoms with Gasteiger partial charge >= 0.3 is 0 Å². The molecule has 27 heavy (non-hydrogen) atoms. The lowest BCUT2D eigenvalue weighted by Crippen LogP contribution is -2.47. The molecule has 1 amide bonds. The molecule has 1 atom stereocenters. The highest BCUT2D eigenvalue weighted by Gasteiger charge is 2.26. The average Bonchev–Trinajstić information content (AvgIpc) is 2.69. The molecule has 1 N–H and O–H groups in total. The first-order chi connectivity index (χ1) is 12.7. The normalized spacial score (nSPS) is 17.0. The van der Waals surface area contributed by atoms with Gasteiger partial charge in [-0.25, -0.2) is 4.68 Å². The van der Waals surface area contributed by atoms with Crippen molar-refractivity contribution in [3.8, 4) is 0 Å². The van der Waals surface area contributed by atoms with Crippen LogP contribution >= 0.6 is 12.4 Å². The van der Waals surface area contributed by atoms with Gasteiger partial charge in [0.25, 0.3) is 11.5 Å². The van der Waals surface area contributed by atoms with Gasteiger partial charge in [0.2, 0.25) is 0 Å². The standard InChI is InChI=1S/C20H28N4O2.ClH/c1-3-4-7-13-24-19(25)17-11-6-5-10-16(17)18(22-24)20(26)23-12-8-9-15(14-23)21-2;/h5-6,10-11,15,21H,3-4,7-9,12-14H2,1-2H3;1H. The first kappa shape index (κ1) is 21.4. The molecule has 0 radical (unpaired) electrons. The number of carbonyl (C=O) groups is 1. The summed E-state index contributed by atoms with van der Waals surface area (Å²) in [4.78, 5) is 27.8. The Labute approximate surface area is 166 Å². The van der Waals surface area contributed by atoms with Crippen molar-refractivity contribution in [1.82, 2.24) is 20.0 Å². The Morgan fingerprint density at radius 3 is 2.70 bits per heavy atom. The zero-order valence-corrected chi connectivity index (χ0v) is 16.9. The van der Waals surface area contributed by atoms with Gasteiger partial charge in [0.1, 0.15) is 0 Å². The molecule has 0 bridgehead atoms. The lowest BCUT2D eigenvalue weighted by atomic mass is 10.0. The molecule has 0 aliphatic carbocycles. The Morgan fingerprint density at radius 2 is 2.00 bits per heavy atom. The number of piperidine rings is 1. The summed E-state index contributed by atoms with van der Waals surface area (Å²) in [6.45, 7) is 4.10. The van der Waals surface area contributed by atoms with E-state index in [1.165, 1.54) is 4.68 Å². The molecular weight excluding hydrogens is 364 g/mol. The van der Waals surface area contributed by atoms with Crippen LogP contribution in [-0.2, 0) is 6.54 Å². The van der Waals surface area contributed by atoms with E-state index in [2.05, 4.69) is 17.3 Å². The number of nitrogens with one attached hydrogen (secondary N) is 1. The maximum atomic E-state index is 13.2. The highest BCUT2D eigenvalue weighted by atomic mass is 35.5. The maximum absolute atomic E-state index is 13.2. The molecule has 1 aliphatic heterocycles. The van der Waals surface area contributed by atoms with Crippen molar-refractivity contribution < 1.29 is 4.79 Å². The summed E-state index contributed by atoms with van der Waals surface area (Å²) < 4.78 is 1.48. The van der Waals surface area contributed by atoms with Crippen LogP contribution in [0.1, 0.15) is 49.5 Å². The fraction of sp³-hybridized carbons (Fsp3) is 0.550. The zero-order valence-electron chi connectivity index (χ0n) is 16.1. The molecule has 2 aromatic rings. The molecule has 1 saturated heterocycles. The largest absolute Gasteiger partial charge is 0.336 e. The molecular formula is C20H29ClN4O2. The molecule has 1 aromatic heterocycles. The van der Waals surface area contributed by atoms with Gasteiger partial charge in [-0.15, -0.1) is 12.4 Å². The van der Waals surface area contributed by atoms with Crippen molar-refractivity contribution in [2.24, 2.45) is 0 Å². The lowest BCUT2D eigenvalue weighted by Gasteiger charge is -2.32. The third-order valence-corrected chi connectivity index (χ3v) is 5.16. The Kier molecular flexibility index (Phi) is 7.80.